The number of carboxylic acid groups (broad SMARTS) is 3. The molecule has 4 amide bonds. The predicted molar refractivity (Wildman–Crippen MR) is 355 cm³/mol. The zero-order valence-corrected chi connectivity index (χ0v) is 52.8. The number of likely N-dealkylation sites (N-methyl/N-ethyl adjacent to an activating group) is 4. The zero-order valence-electron chi connectivity index (χ0n) is 52.8. The fraction of sp³-hybridized carbons (Fsp3) is 0.279. The molecule has 2 saturated heterocycles. The van der Waals surface area contributed by atoms with E-state index in [9.17, 15) is 43.2 Å². The van der Waals surface area contributed by atoms with Gasteiger partial charge >= 0.3 is 29.8 Å². The second kappa shape index (κ2) is 32.1. The molecule has 6 aromatic carbocycles. The number of nitrogens with one attached hydrogen (secondary N) is 4. The third-order valence-corrected chi connectivity index (χ3v) is 16.0. The third-order valence-electron chi connectivity index (χ3n) is 16.0. The summed E-state index contributed by atoms with van der Waals surface area (Å²) in [5.74, 6) is -6.41. The van der Waals surface area contributed by atoms with Gasteiger partial charge in [0.25, 0.3) is 11.8 Å². The number of amides is 4. The van der Waals surface area contributed by atoms with E-state index in [1.54, 1.807) is 60.3 Å². The molecular formula is C68H76N10O16. The van der Waals surface area contributed by atoms with Crippen molar-refractivity contribution in [2.75, 3.05) is 139 Å². The Morgan fingerprint density at radius 3 is 1.15 bits per heavy atom. The number of hydrogen-bond acceptors (Lipinski definition) is 18. The van der Waals surface area contributed by atoms with Gasteiger partial charge in [-0.15, -0.1) is 0 Å². The zero-order chi connectivity index (χ0) is 67.1. The van der Waals surface area contributed by atoms with Crippen LogP contribution < -0.4 is 31.1 Å². The average Bonchev–Trinajstić information content (AvgIpc) is 1.63. The van der Waals surface area contributed by atoms with Crippen LogP contribution in [0.2, 0.25) is 0 Å². The Bertz CT molecular complexity index is 3590. The van der Waals surface area contributed by atoms with E-state index >= 15 is 0 Å². The molecule has 94 heavy (non-hydrogen) atoms. The molecule has 0 aromatic heterocycles. The van der Waals surface area contributed by atoms with Gasteiger partial charge < -0.3 is 76.2 Å². The van der Waals surface area contributed by atoms with E-state index in [4.69, 9.17) is 29.9 Å². The number of fused-ring (bicyclic) bond motifs is 2. The summed E-state index contributed by atoms with van der Waals surface area (Å²) in [7, 11) is 10.4. The van der Waals surface area contributed by atoms with E-state index < -0.39 is 48.3 Å². The number of aliphatic hydroxyl groups is 1. The standard InChI is InChI=1S/2C31H33N5O4.C6H8O7.H2O/c2*1-34-15-17-36(18-16-34)20-27(37)35(2)24-12-10-23(11-13-24)32-29(21-7-5-4-6-8-21)28-25-14-9-22(31(39)40-3)19-26(25)33-30(28)38;7-3(8)1-6(13,5(11)12)2-4(9)10;/h2*4-14,19,32H,15-18,20H2,1-3H3,(H,33,38);13H,1-2H2,(H,7,8)(H,9,10)(H,11,12);1H2/b2*29-28-;;. The molecule has 0 spiro atoms. The molecule has 494 valence electrons. The highest BCUT2D eigenvalue weighted by molar-refractivity contribution is 6.38. The van der Waals surface area contributed by atoms with Crippen molar-refractivity contribution >= 4 is 110 Å². The molecule has 0 bridgehead atoms. The number of benzene rings is 6. The van der Waals surface area contributed by atoms with E-state index in [1.807, 2.05) is 109 Å². The van der Waals surface area contributed by atoms with Crippen LogP contribution >= 0.6 is 0 Å². The number of carbonyl (C=O) groups is 9. The second-order valence-electron chi connectivity index (χ2n) is 22.5. The van der Waals surface area contributed by atoms with Crippen molar-refractivity contribution in [2.45, 2.75) is 18.4 Å². The molecule has 2 fully saturated rings. The number of methoxy groups -OCH3 is 2. The van der Waals surface area contributed by atoms with Gasteiger partial charge in [-0.25, -0.2) is 14.4 Å². The Morgan fingerprint density at radius 2 is 0.840 bits per heavy atom. The number of aliphatic carboxylic acids is 3. The highest BCUT2D eigenvalue weighted by Crippen LogP contribution is 2.40. The number of nitrogens with zero attached hydrogens (tertiary/aromatic N) is 6. The van der Waals surface area contributed by atoms with Gasteiger partial charge in [-0.05, 0) is 98.0 Å². The van der Waals surface area contributed by atoms with Crippen molar-refractivity contribution in [1.29, 1.82) is 0 Å². The van der Waals surface area contributed by atoms with Crippen LogP contribution in [-0.2, 0) is 43.0 Å². The molecule has 0 radical (unpaired) electrons. The molecule has 0 aliphatic carbocycles. The molecule has 0 unspecified atom stereocenters. The summed E-state index contributed by atoms with van der Waals surface area (Å²) in [5, 5.41) is 46.4. The lowest BCUT2D eigenvalue weighted by atomic mass is 9.96. The smallest absolute Gasteiger partial charge is 0.337 e. The van der Waals surface area contributed by atoms with E-state index in [0.29, 0.717) is 69.3 Å². The number of ether oxygens (including phenoxy) is 2. The fourth-order valence-electron chi connectivity index (χ4n) is 10.5. The SMILES string of the molecule is COC(=O)c1ccc2c(c1)NC(=O)/C2=C(\Nc1ccc(N(C)C(=O)CN2CCN(C)CC2)cc1)c1ccccc1.COC(=O)c1ccc2c(c1)NC(=O)/C2=C(\Nc1ccc(N(C)C(=O)CN2CCN(C)CC2)cc1)c1ccccc1.O.O=C(O)CC(O)(CC(=O)O)C(=O)O. The number of rotatable bonds is 19. The molecule has 0 saturated carbocycles. The molecule has 26 heteroatoms. The van der Waals surface area contributed by atoms with Gasteiger partial charge in [-0.2, -0.15) is 0 Å². The van der Waals surface area contributed by atoms with Crippen molar-refractivity contribution in [1.82, 2.24) is 19.6 Å². The third kappa shape index (κ3) is 17.9. The Balaban J connectivity index is 0.000000222. The molecule has 10 N–H and O–H groups in total. The molecule has 10 rings (SSSR count). The normalized spacial score (nSPS) is 15.6. The molecule has 0 atom stereocenters. The van der Waals surface area contributed by atoms with Crippen LogP contribution in [0.3, 0.4) is 0 Å². The minimum absolute atomic E-state index is 0. The second-order valence-corrected chi connectivity index (χ2v) is 22.5. The van der Waals surface area contributed by atoms with Crippen molar-refractivity contribution in [2.24, 2.45) is 0 Å². The molecule has 26 nitrogen and oxygen atoms in total. The minimum Gasteiger partial charge on any atom is -0.481 e. The first-order valence-electron chi connectivity index (χ1n) is 29.6. The van der Waals surface area contributed by atoms with Crippen LogP contribution in [-0.4, -0.2) is 212 Å². The van der Waals surface area contributed by atoms with Crippen molar-refractivity contribution in [3.63, 3.8) is 0 Å². The van der Waals surface area contributed by atoms with Crippen molar-refractivity contribution in [3.8, 4) is 0 Å². The van der Waals surface area contributed by atoms with Crippen LogP contribution in [0, 0.1) is 0 Å². The van der Waals surface area contributed by atoms with E-state index in [-0.39, 0.29) is 29.1 Å². The van der Waals surface area contributed by atoms with E-state index in [1.165, 1.54) is 14.2 Å². The number of piperazine rings is 2. The van der Waals surface area contributed by atoms with Crippen molar-refractivity contribution in [3.05, 3.63) is 179 Å². The molecular weight excluding hydrogens is 1210 g/mol. The summed E-state index contributed by atoms with van der Waals surface area (Å²) in [5.41, 5.74) is 7.46. The van der Waals surface area contributed by atoms with Crippen LogP contribution in [0.25, 0.3) is 22.5 Å². The van der Waals surface area contributed by atoms with Crippen molar-refractivity contribution < 1.29 is 78.5 Å². The Labute approximate surface area is 542 Å². The van der Waals surface area contributed by atoms with Crippen LogP contribution in [0.1, 0.15) is 55.8 Å². The maximum atomic E-state index is 13.2. The minimum atomic E-state index is -2.74. The van der Waals surface area contributed by atoms with Gasteiger partial charge in [0.05, 0.1) is 85.2 Å². The van der Waals surface area contributed by atoms with Gasteiger partial charge in [0.15, 0.2) is 5.60 Å². The number of esters is 2. The largest absolute Gasteiger partial charge is 0.481 e. The fourth-order valence-corrected chi connectivity index (χ4v) is 10.5. The van der Waals surface area contributed by atoms with E-state index in [0.717, 1.165) is 86.2 Å². The first-order chi connectivity index (χ1) is 44.4. The number of carbonyl (C=O) groups excluding carboxylic acids is 6. The first-order valence-corrected chi connectivity index (χ1v) is 29.6. The summed E-state index contributed by atoms with van der Waals surface area (Å²) < 4.78 is 9.65. The quantitative estimate of drug-likeness (QED) is 0.0383. The number of anilines is 6. The Kier molecular flexibility index (Phi) is 24.2. The van der Waals surface area contributed by atoms with Gasteiger partial charge in [0.2, 0.25) is 11.8 Å². The monoisotopic (exact) mass is 1290 g/mol. The summed E-state index contributed by atoms with van der Waals surface area (Å²) in [6, 6.07) is 44.4. The lowest BCUT2D eigenvalue weighted by Crippen LogP contribution is -2.48. The van der Waals surface area contributed by atoms with Gasteiger partial charge in [-0.3, -0.25) is 38.6 Å². The Hall–Kier alpha value is -10.6. The summed E-state index contributed by atoms with van der Waals surface area (Å²) in [4.78, 5) is 119. The number of carboxylic acids is 3. The van der Waals surface area contributed by atoms with Gasteiger partial charge in [0.1, 0.15) is 0 Å². The van der Waals surface area contributed by atoms with Gasteiger partial charge in [0, 0.05) is 100 Å². The summed E-state index contributed by atoms with van der Waals surface area (Å²) in [6.45, 7) is 8.18. The highest BCUT2D eigenvalue weighted by Gasteiger charge is 2.41. The molecule has 4 aliphatic heterocycles. The van der Waals surface area contributed by atoms with Gasteiger partial charge in [-0.1, -0.05) is 72.8 Å². The van der Waals surface area contributed by atoms with Crippen LogP contribution in [0.15, 0.2) is 146 Å². The first kappa shape index (κ1) is 70.8. The Morgan fingerprint density at radius 1 is 0.500 bits per heavy atom. The topological polar surface area (TPSA) is 352 Å². The average molecular weight is 1290 g/mol. The maximum Gasteiger partial charge on any atom is 0.337 e. The summed E-state index contributed by atoms with van der Waals surface area (Å²) in [6.07, 6.45) is -2.29. The summed E-state index contributed by atoms with van der Waals surface area (Å²) >= 11 is 0. The maximum absolute atomic E-state index is 13.2. The van der Waals surface area contributed by atoms with E-state index in [2.05, 4.69) is 55.0 Å². The molecule has 4 aliphatic rings. The van der Waals surface area contributed by atoms with Crippen LogP contribution in [0.4, 0.5) is 34.1 Å². The lowest BCUT2D eigenvalue weighted by Gasteiger charge is -2.32. The number of hydrogen-bond donors (Lipinski definition) is 8. The molecule has 6 aromatic rings. The predicted octanol–water partition coefficient (Wildman–Crippen LogP) is 5.16. The highest BCUT2D eigenvalue weighted by atomic mass is 16.5. The van der Waals surface area contributed by atoms with Crippen LogP contribution in [0.5, 0.6) is 0 Å². The lowest BCUT2D eigenvalue weighted by molar-refractivity contribution is -0.170. The molecule has 4 heterocycles.